The topological polar surface area (TPSA) is 53.4 Å². The first-order chi connectivity index (χ1) is 15.7. The predicted molar refractivity (Wildman–Crippen MR) is 127 cm³/mol. The van der Waals surface area contributed by atoms with Crippen LogP contribution in [0.1, 0.15) is 30.0 Å². The molecule has 1 fully saturated rings. The van der Waals surface area contributed by atoms with Crippen LogP contribution in [0.4, 0.5) is 0 Å². The first-order valence-electron chi connectivity index (χ1n) is 11.2. The second-order valence-corrected chi connectivity index (χ2v) is 8.52. The Kier molecular flexibility index (Phi) is 5.70. The van der Waals surface area contributed by atoms with Gasteiger partial charge in [-0.1, -0.05) is 72.8 Å². The molecule has 1 aromatic heterocycles. The Bertz CT molecular complexity index is 1220. The van der Waals surface area contributed by atoms with Crippen molar-refractivity contribution < 1.29 is 9.90 Å². The molecule has 1 aliphatic heterocycles. The van der Waals surface area contributed by atoms with E-state index in [9.17, 15) is 9.90 Å². The molecule has 4 heteroatoms. The zero-order valence-corrected chi connectivity index (χ0v) is 17.9. The second kappa shape index (κ2) is 8.93. The molecular formula is C28H26N2O2. The van der Waals surface area contributed by atoms with Crippen molar-refractivity contribution in [1.29, 1.82) is 0 Å². The summed E-state index contributed by atoms with van der Waals surface area (Å²) in [5.74, 6) is -1.03. The maximum atomic E-state index is 11.7. The molecule has 3 aromatic carbocycles. The van der Waals surface area contributed by atoms with E-state index in [0.29, 0.717) is 6.54 Å². The molecule has 0 spiro atoms. The number of fused-ring (bicyclic) bond motifs is 1. The van der Waals surface area contributed by atoms with Gasteiger partial charge in [-0.05, 0) is 53.8 Å². The summed E-state index contributed by atoms with van der Waals surface area (Å²) in [4.78, 5) is 18.7. The maximum absolute atomic E-state index is 11.7. The van der Waals surface area contributed by atoms with Crippen molar-refractivity contribution in [3.8, 4) is 11.1 Å². The van der Waals surface area contributed by atoms with Gasteiger partial charge in [0.15, 0.2) is 0 Å². The van der Waals surface area contributed by atoms with Crippen LogP contribution in [0.2, 0.25) is 0 Å². The molecule has 1 aliphatic rings. The van der Waals surface area contributed by atoms with Gasteiger partial charge in [-0.15, -0.1) is 0 Å². The first-order valence-corrected chi connectivity index (χ1v) is 11.2. The maximum Gasteiger partial charge on any atom is 0.307 e. The lowest BCUT2D eigenvalue weighted by atomic mass is 9.91. The number of benzene rings is 3. The first kappa shape index (κ1) is 20.4. The molecule has 32 heavy (non-hydrogen) atoms. The lowest BCUT2D eigenvalue weighted by Gasteiger charge is -2.37. The molecule has 0 saturated carbocycles. The molecule has 4 nitrogen and oxygen atoms in total. The smallest absolute Gasteiger partial charge is 0.307 e. The number of aliphatic carboxylic acids is 1. The van der Waals surface area contributed by atoms with Crippen molar-refractivity contribution in [1.82, 2.24) is 9.88 Å². The molecule has 0 amide bonds. The van der Waals surface area contributed by atoms with E-state index in [-0.39, 0.29) is 12.0 Å². The fourth-order valence-electron chi connectivity index (χ4n) is 4.78. The number of para-hydroxylation sites is 1. The van der Waals surface area contributed by atoms with E-state index in [2.05, 4.69) is 53.4 Å². The van der Waals surface area contributed by atoms with Crippen LogP contribution in [0.5, 0.6) is 0 Å². The molecule has 2 atom stereocenters. The van der Waals surface area contributed by atoms with Gasteiger partial charge in [0.1, 0.15) is 0 Å². The number of hydrogen-bond donors (Lipinski definition) is 1. The van der Waals surface area contributed by atoms with Crippen LogP contribution in [-0.2, 0) is 4.79 Å². The van der Waals surface area contributed by atoms with Crippen molar-refractivity contribution in [2.45, 2.75) is 18.9 Å². The highest BCUT2D eigenvalue weighted by Gasteiger charge is 2.31. The fraction of sp³-hybridized carbons (Fsp3) is 0.214. The van der Waals surface area contributed by atoms with Gasteiger partial charge in [-0.2, -0.15) is 0 Å². The van der Waals surface area contributed by atoms with E-state index in [1.165, 1.54) is 11.1 Å². The quantitative estimate of drug-likeness (QED) is 0.442. The molecule has 0 bridgehead atoms. The highest BCUT2D eigenvalue weighted by molar-refractivity contribution is 5.79. The SMILES string of the molecule is O=C(O)C1CCCN(C(c2ccc(-c3ccccc3)cc2)c2cnc3ccccc3c2)C1. The zero-order valence-electron chi connectivity index (χ0n) is 17.9. The molecule has 2 heterocycles. The van der Waals surface area contributed by atoms with Crippen LogP contribution >= 0.6 is 0 Å². The highest BCUT2D eigenvalue weighted by Crippen LogP contribution is 2.34. The van der Waals surface area contributed by atoms with Gasteiger partial charge in [0, 0.05) is 18.1 Å². The number of aromatic nitrogens is 1. The molecule has 1 saturated heterocycles. The number of nitrogens with zero attached hydrogens (tertiary/aromatic N) is 2. The number of piperidine rings is 1. The van der Waals surface area contributed by atoms with Gasteiger partial charge in [-0.3, -0.25) is 14.7 Å². The number of rotatable bonds is 5. The fourth-order valence-corrected chi connectivity index (χ4v) is 4.78. The highest BCUT2D eigenvalue weighted by atomic mass is 16.4. The molecule has 0 radical (unpaired) electrons. The number of pyridine rings is 1. The third kappa shape index (κ3) is 4.14. The van der Waals surface area contributed by atoms with Crippen LogP contribution in [0.3, 0.4) is 0 Å². The van der Waals surface area contributed by atoms with Gasteiger partial charge in [0.05, 0.1) is 17.5 Å². The largest absolute Gasteiger partial charge is 0.481 e. The molecule has 1 N–H and O–H groups in total. The third-order valence-electron chi connectivity index (χ3n) is 6.43. The van der Waals surface area contributed by atoms with E-state index < -0.39 is 5.97 Å². The molecule has 160 valence electrons. The summed E-state index contributed by atoms with van der Waals surface area (Å²) < 4.78 is 0. The summed E-state index contributed by atoms with van der Waals surface area (Å²) in [7, 11) is 0. The summed E-state index contributed by atoms with van der Waals surface area (Å²) in [5.41, 5.74) is 5.59. The lowest BCUT2D eigenvalue weighted by molar-refractivity contribution is -0.143. The average Bonchev–Trinajstić information content (AvgIpc) is 2.85. The van der Waals surface area contributed by atoms with Crippen molar-refractivity contribution >= 4 is 16.9 Å². The Morgan fingerprint density at radius 2 is 1.62 bits per heavy atom. The zero-order chi connectivity index (χ0) is 21.9. The van der Waals surface area contributed by atoms with Gasteiger partial charge in [0.2, 0.25) is 0 Å². The number of likely N-dealkylation sites (tertiary alicyclic amines) is 1. The molecule has 0 aliphatic carbocycles. The minimum atomic E-state index is -0.704. The second-order valence-electron chi connectivity index (χ2n) is 8.52. The van der Waals surface area contributed by atoms with E-state index in [1.54, 1.807) is 0 Å². The van der Waals surface area contributed by atoms with Crippen LogP contribution in [0.15, 0.2) is 91.1 Å². The average molecular weight is 423 g/mol. The van der Waals surface area contributed by atoms with E-state index in [1.807, 2.05) is 42.6 Å². The van der Waals surface area contributed by atoms with Crippen LogP contribution in [0.25, 0.3) is 22.0 Å². The Labute approximate surface area is 188 Å². The Morgan fingerprint density at radius 1 is 0.906 bits per heavy atom. The van der Waals surface area contributed by atoms with Crippen molar-refractivity contribution in [3.63, 3.8) is 0 Å². The summed E-state index contributed by atoms with van der Waals surface area (Å²) in [6.45, 7) is 1.43. The minimum Gasteiger partial charge on any atom is -0.481 e. The van der Waals surface area contributed by atoms with Crippen LogP contribution in [-0.4, -0.2) is 34.0 Å². The van der Waals surface area contributed by atoms with E-state index in [4.69, 9.17) is 4.98 Å². The summed E-state index contributed by atoms with van der Waals surface area (Å²) in [5, 5.41) is 10.7. The summed E-state index contributed by atoms with van der Waals surface area (Å²) >= 11 is 0. The minimum absolute atomic E-state index is 0.0286. The number of hydrogen-bond acceptors (Lipinski definition) is 3. The van der Waals surface area contributed by atoms with Crippen LogP contribution < -0.4 is 0 Å². The predicted octanol–water partition coefficient (Wildman–Crippen LogP) is 5.79. The molecule has 4 aromatic rings. The third-order valence-corrected chi connectivity index (χ3v) is 6.43. The monoisotopic (exact) mass is 422 g/mol. The number of carboxylic acids is 1. The summed E-state index contributed by atoms with van der Waals surface area (Å²) in [6.07, 6.45) is 3.57. The van der Waals surface area contributed by atoms with Gasteiger partial charge in [0.25, 0.3) is 0 Å². The van der Waals surface area contributed by atoms with Gasteiger partial charge in [-0.25, -0.2) is 0 Å². The Morgan fingerprint density at radius 3 is 2.41 bits per heavy atom. The number of carboxylic acid groups (broad SMARTS) is 1. The number of carbonyl (C=O) groups is 1. The van der Waals surface area contributed by atoms with Crippen molar-refractivity contribution in [3.05, 3.63) is 102 Å². The van der Waals surface area contributed by atoms with E-state index >= 15 is 0 Å². The lowest BCUT2D eigenvalue weighted by Crippen LogP contribution is -2.41. The Hall–Kier alpha value is -3.50. The summed E-state index contributed by atoms with van der Waals surface area (Å²) in [6, 6.07) is 29.3. The van der Waals surface area contributed by atoms with E-state index in [0.717, 1.165) is 41.4 Å². The van der Waals surface area contributed by atoms with Gasteiger partial charge < -0.3 is 5.11 Å². The normalized spacial score (nSPS) is 17.8. The van der Waals surface area contributed by atoms with Crippen molar-refractivity contribution in [2.75, 3.05) is 13.1 Å². The van der Waals surface area contributed by atoms with Gasteiger partial charge >= 0.3 is 5.97 Å². The van der Waals surface area contributed by atoms with Crippen molar-refractivity contribution in [2.24, 2.45) is 5.92 Å². The molecule has 5 rings (SSSR count). The van der Waals surface area contributed by atoms with Crippen LogP contribution in [0, 0.1) is 5.92 Å². The standard InChI is InChI=1S/C28H26N2O2/c31-28(32)24-10-6-16-30(19-24)27(25-17-23-9-4-5-11-26(23)29-18-25)22-14-12-21(13-15-22)20-7-2-1-3-8-20/h1-5,7-9,11-15,17-18,24,27H,6,10,16,19H2,(H,31,32). The molecule has 2 unspecified atom stereocenters. The molecular weight excluding hydrogens is 396 g/mol. The Balaban J connectivity index is 1.55.